The Morgan fingerprint density at radius 2 is 1.89 bits per heavy atom. The molecule has 0 spiro atoms. The van der Waals surface area contributed by atoms with Crippen molar-refractivity contribution in [2.24, 2.45) is 0 Å². The van der Waals surface area contributed by atoms with Gasteiger partial charge in [0.1, 0.15) is 6.54 Å². The van der Waals surface area contributed by atoms with Crippen molar-refractivity contribution >= 4 is 52.5 Å². The minimum absolute atomic E-state index is 0.103. The fourth-order valence-corrected chi connectivity index (χ4v) is 3.68. The summed E-state index contributed by atoms with van der Waals surface area (Å²) in [5.41, 5.74) is 2.08. The Kier molecular flexibility index (Phi) is 6.36. The number of carbonyl (C=O) groups is 3. The molecule has 0 bridgehead atoms. The van der Waals surface area contributed by atoms with Gasteiger partial charge in [0, 0.05) is 10.8 Å². The number of fused-ring (bicyclic) bond motifs is 1. The third-order valence-corrected chi connectivity index (χ3v) is 5.19. The van der Waals surface area contributed by atoms with Gasteiger partial charge in [-0.25, -0.2) is 0 Å². The van der Waals surface area contributed by atoms with Crippen molar-refractivity contribution in [3.05, 3.63) is 59.1 Å². The van der Waals surface area contributed by atoms with Gasteiger partial charge in [-0.15, -0.1) is 11.8 Å². The monoisotopic (exact) mass is 404 g/mol. The molecule has 1 heterocycles. The fourth-order valence-electron chi connectivity index (χ4n) is 2.58. The number of nitrogens with zero attached hydrogens (tertiary/aromatic N) is 1. The lowest BCUT2D eigenvalue weighted by molar-refractivity contribution is -0.145. The van der Waals surface area contributed by atoms with Gasteiger partial charge in [0.05, 0.1) is 17.1 Å². The van der Waals surface area contributed by atoms with E-state index in [1.54, 1.807) is 30.3 Å². The molecule has 1 aliphatic heterocycles. The van der Waals surface area contributed by atoms with E-state index in [4.69, 9.17) is 16.3 Å². The Labute approximate surface area is 165 Å². The van der Waals surface area contributed by atoms with Gasteiger partial charge in [-0.3, -0.25) is 19.3 Å². The molecule has 1 N–H and O–H groups in total. The quantitative estimate of drug-likeness (QED) is 0.749. The van der Waals surface area contributed by atoms with Crippen LogP contribution in [0.15, 0.2) is 48.5 Å². The van der Waals surface area contributed by atoms with Crippen molar-refractivity contribution in [2.45, 2.75) is 5.75 Å². The van der Waals surface area contributed by atoms with Crippen LogP contribution in [-0.2, 0) is 24.9 Å². The Morgan fingerprint density at radius 3 is 2.70 bits per heavy atom. The molecule has 0 saturated carbocycles. The number of amides is 2. The number of halogens is 1. The minimum atomic E-state index is -0.491. The van der Waals surface area contributed by atoms with Gasteiger partial charge in [-0.05, 0) is 23.8 Å². The van der Waals surface area contributed by atoms with Crippen LogP contribution in [0.25, 0.3) is 0 Å². The third-order valence-electron chi connectivity index (χ3n) is 3.86. The van der Waals surface area contributed by atoms with E-state index in [-0.39, 0.29) is 18.2 Å². The third kappa shape index (κ3) is 5.02. The first-order valence-corrected chi connectivity index (χ1v) is 9.74. The van der Waals surface area contributed by atoms with E-state index in [0.29, 0.717) is 22.2 Å². The molecule has 0 saturated heterocycles. The number of ether oxygens (including phenoxy) is 1. The Balaban J connectivity index is 1.48. The topological polar surface area (TPSA) is 75.7 Å². The van der Waals surface area contributed by atoms with Gasteiger partial charge in [0.2, 0.25) is 5.91 Å². The van der Waals surface area contributed by atoms with Crippen LogP contribution in [-0.4, -0.2) is 36.7 Å². The normalized spacial score (nSPS) is 12.9. The molecule has 1 aliphatic rings. The molecule has 0 aliphatic carbocycles. The number of anilines is 2. The molecular formula is C19H17ClN2O4S. The number of esters is 1. The largest absolute Gasteiger partial charge is 0.455 e. The van der Waals surface area contributed by atoms with Crippen LogP contribution in [0.5, 0.6) is 0 Å². The van der Waals surface area contributed by atoms with Crippen LogP contribution in [0.4, 0.5) is 11.4 Å². The van der Waals surface area contributed by atoms with E-state index in [1.165, 1.54) is 16.7 Å². The second-order valence-electron chi connectivity index (χ2n) is 5.79. The van der Waals surface area contributed by atoms with Gasteiger partial charge < -0.3 is 10.1 Å². The maximum Gasteiger partial charge on any atom is 0.316 e. The highest BCUT2D eigenvalue weighted by Gasteiger charge is 2.27. The second-order valence-corrected chi connectivity index (χ2v) is 7.18. The molecular weight excluding hydrogens is 388 g/mol. The van der Waals surface area contributed by atoms with E-state index in [9.17, 15) is 14.4 Å². The zero-order chi connectivity index (χ0) is 19.2. The van der Waals surface area contributed by atoms with E-state index in [2.05, 4.69) is 5.32 Å². The summed E-state index contributed by atoms with van der Waals surface area (Å²) in [6.07, 6.45) is 0. The van der Waals surface area contributed by atoms with Crippen molar-refractivity contribution < 1.29 is 19.1 Å². The number of hydrogen-bond donors (Lipinski definition) is 1. The predicted molar refractivity (Wildman–Crippen MR) is 106 cm³/mol. The predicted octanol–water partition coefficient (Wildman–Crippen LogP) is 3.10. The molecule has 3 rings (SSSR count). The van der Waals surface area contributed by atoms with Crippen molar-refractivity contribution in [2.75, 3.05) is 29.1 Å². The number of thioether (sulfide) groups is 1. The number of para-hydroxylation sites is 2. The maximum absolute atomic E-state index is 12.4. The van der Waals surface area contributed by atoms with Crippen LogP contribution >= 0.6 is 23.4 Å². The van der Waals surface area contributed by atoms with Crippen LogP contribution in [0.3, 0.4) is 0 Å². The van der Waals surface area contributed by atoms with Gasteiger partial charge in [-0.1, -0.05) is 41.9 Å². The first-order valence-electron chi connectivity index (χ1n) is 8.20. The van der Waals surface area contributed by atoms with E-state index < -0.39 is 18.5 Å². The minimum Gasteiger partial charge on any atom is -0.455 e. The van der Waals surface area contributed by atoms with Gasteiger partial charge in [0.25, 0.3) is 5.91 Å². The first kappa shape index (κ1) is 19.3. The molecule has 6 nitrogen and oxygen atoms in total. The lowest BCUT2D eigenvalue weighted by atomic mass is 10.2. The number of benzene rings is 2. The second kappa shape index (κ2) is 8.92. The highest BCUT2D eigenvalue weighted by atomic mass is 35.5. The zero-order valence-electron chi connectivity index (χ0n) is 14.3. The lowest BCUT2D eigenvalue weighted by Crippen LogP contribution is -2.44. The van der Waals surface area contributed by atoms with Crippen LogP contribution in [0.1, 0.15) is 5.56 Å². The molecule has 0 radical (unpaired) electrons. The standard InChI is InChI=1S/C19H17ClN2O4S/c20-14-6-2-1-5-13(14)11-27-12-19(25)26-10-18(24)22-9-17(23)21-15-7-3-4-8-16(15)22/h1-8H,9-12H2,(H,21,23). The van der Waals surface area contributed by atoms with Crippen molar-refractivity contribution in [3.63, 3.8) is 0 Å². The molecule has 2 aromatic carbocycles. The van der Waals surface area contributed by atoms with Gasteiger partial charge in [0.15, 0.2) is 6.61 Å². The lowest BCUT2D eigenvalue weighted by Gasteiger charge is -2.28. The summed E-state index contributed by atoms with van der Waals surface area (Å²) in [6.45, 7) is -0.512. The Morgan fingerprint density at radius 1 is 1.15 bits per heavy atom. The number of hydrogen-bond acceptors (Lipinski definition) is 5. The molecule has 2 amide bonds. The fraction of sp³-hybridized carbons (Fsp3) is 0.211. The number of rotatable bonds is 6. The maximum atomic E-state index is 12.4. The molecule has 140 valence electrons. The van der Waals surface area contributed by atoms with Gasteiger partial charge in [-0.2, -0.15) is 0 Å². The number of carbonyl (C=O) groups excluding carboxylic acids is 3. The average Bonchev–Trinajstić information content (AvgIpc) is 2.67. The molecule has 27 heavy (non-hydrogen) atoms. The van der Waals surface area contributed by atoms with Gasteiger partial charge >= 0.3 is 5.97 Å². The van der Waals surface area contributed by atoms with Crippen LogP contribution in [0.2, 0.25) is 5.02 Å². The van der Waals surface area contributed by atoms with E-state index in [0.717, 1.165) is 5.56 Å². The molecule has 0 unspecified atom stereocenters. The SMILES string of the molecule is O=C1CN(C(=O)COC(=O)CSCc2ccccc2Cl)c2ccccc2N1. The van der Waals surface area contributed by atoms with E-state index >= 15 is 0 Å². The van der Waals surface area contributed by atoms with Crippen LogP contribution < -0.4 is 10.2 Å². The molecule has 0 atom stereocenters. The first-order chi connectivity index (χ1) is 13.0. The van der Waals surface area contributed by atoms with Crippen molar-refractivity contribution in [1.82, 2.24) is 0 Å². The summed E-state index contributed by atoms with van der Waals surface area (Å²) in [5.74, 6) is -0.543. The average molecular weight is 405 g/mol. The molecule has 0 aromatic heterocycles. The van der Waals surface area contributed by atoms with Crippen molar-refractivity contribution in [1.29, 1.82) is 0 Å². The summed E-state index contributed by atoms with van der Waals surface area (Å²) < 4.78 is 5.06. The molecule has 0 fully saturated rings. The van der Waals surface area contributed by atoms with Crippen molar-refractivity contribution in [3.8, 4) is 0 Å². The smallest absolute Gasteiger partial charge is 0.316 e. The summed E-state index contributed by atoms with van der Waals surface area (Å²) in [4.78, 5) is 37.4. The summed E-state index contributed by atoms with van der Waals surface area (Å²) in [6, 6.07) is 14.4. The highest BCUT2D eigenvalue weighted by Crippen LogP contribution is 2.28. The summed E-state index contributed by atoms with van der Waals surface area (Å²) in [7, 11) is 0. The Bertz CT molecular complexity index is 874. The molecule has 2 aromatic rings. The Hall–Kier alpha value is -2.51. The number of nitrogens with one attached hydrogen (secondary N) is 1. The summed E-state index contributed by atoms with van der Waals surface area (Å²) >= 11 is 7.43. The summed E-state index contributed by atoms with van der Waals surface area (Å²) in [5, 5.41) is 3.35. The highest BCUT2D eigenvalue weighted by molar-refractivity contribution is 7.99. The zero-order valence-corrected chi connectivity index (χ0v) is 15.9. The van der Waals surface area contributed by atoms with Crippen LogP contribution in [0, 0.1) is 0 Å². The van der Waals surface area contributed by atoms with E-state index in [1.807, 2.05) is 18.2 Å². The molecule has 8 heteroatoms.